The molecule has 0 aliphatic heterocycles. The Morgan fingerprint density at radius 2 is 1.15 bits per heavy atom. The topological polar surface area (TPSA) is 68.3 Å². The zero-order valence-corrected chi connectivity index (χ0v) is 16.5. The standard InChI is InChI=1S/C22H25O4P/c23-12-16-11-22(21(15-26)20(14-25)19(16)13-24)27(17-7-3-1-4-8-17)18-9-5-2-6-10-18/h17-18,22H,1-11H2. The van der Waals surface area contributed by atoms with E-state index in [1.54, 1.807) is 11.9 Å². The lowest BCUT2D eigenvalue weighted by atomic mass is 9.84. The highest BCUT2D eigenvalue weighted by Gasteiger charge is 2.43. The highest BCUT2D eigenvalue weighted by atomic mass is 31.1. The Labute approximate surface area is 161 Å². The van der Waals surface area contributed by atoms with Crippen molar-refractivity contribution in [2.45, 2.75) is 87.6 Å². The smallest absolute Gasteiger partial charge is 0.134 e. The molecule has 3 aliphatic carbocycles. The molecule has 0 heterocycles. The van der Waals surface area contributed by atoms with E-state index in [-0.39, 0.29) is 28.0 Å². The van der Waals surface area contributed by atoms with Crippen LogP contribution in [-0.2, 0) is 19.2 Å². The normalized spacial score (nSPS) is 25.0. The van der Waals surface area contributed by atoms with E-state index in [1.807, 2.05) is 11.9 Å². The first kappa shape index (κ1) is 20.0. The molecule has 4 nitrogen and oxygen atoms in total. The summed E-state index contributed by atoms with van der Waals surface area (Å²) in [6.07, 6.45) is 12.2. The summed E-state index contributed by atoms with van der Waals surface area (Å²) in [6.45, 7) is 0. The number of allylic oxidation sites excluding steroid dienone is 4. The minimum Gasteiger partial charge on any atom is -0.233 e. The van der Waals surface area contributed by atoms with Gasteiger partial charge in [-0.05, 0) is 43.4 Å². The van der Waals surface area contributed by atoms with E-state index in [0.717, 1.165) is 25.7 Å². The van der Waals surface area contributed by atoms with Crippen molar-refractivity contribution in [3.8, 4) is 0 Å². The summed E-state index contributed by atoms with van der Waals surface area (Å²) < 4.78 is 0. The van der Waals surface area contributed by atoms with Crippen molar-refractivity contribution in [1.82, 2.24) is 0 Å². The van der Waals surface area contributed by atoms with E-state index < -0.39 is 7.92 Å². The molecular formula is C22H25O4P. The molecule has 142 valence electrons. The van der Waals surface area contributed by atoms with E-state index in [9.17, 15) is 19.2 Å². The van der Waals surface area contributed by atoms with E-state index >= 15 is 0 Å². The van der Waals surface area contributed by atoms with Crippen LogP contribution in [0.2, 0.25) is 0 Å². The number of hydrogen-bond donors (Lipinski definition) is 0. The van der Waals surface area contributed by atoms with Gasteiger partial charge in [0.1, 0.15) is 23.8 Å². The molecule has 0 aromatic carbocycles. The van der Waals surface area contributed by atoms with Gasteiger partial charge in [0.2, 0.25) is 0 Å². The van der Waals surface area contributed by atoms with Gasteiger partial charge in [0.25, 0.3) is 0 Å². The Hall–Kier alpha value is -1.77. The Bertz CT molecular complexity index is 757. The second-order valence-corrected chi connectivity index (χ2v) is 10.8. The molecule has 3 fully saturated rings. The van der Waals surface area contributed by atoms with E-state index in [1.165, 1.54) is 38.5 Å². The molecule has 0 spiro atoms. The van der Waals surface area contributed by atoms with Crippen molar-refractivity contribution in [2.75, 3.05) is 0 Å². The predicted molar refractivity (Wildman–Crippen MR) is 106 cm³/mol. The van der Waals surface area contributed by atoms with Crippen LogP contribution in [0.4, 0.5) is 0 Å². The van der Waals surface area contributed by atoms with Crippen LogP contribution in [0.25, 0.3) is 0 Å². The summed E-state index contributed by atoms with van der Waals surface area (Å²) in [5.41, 5.74) is 1.09. The van der Waals surface area contributed by atoms with Gasteiger partial charge in [-0.2, -0.15) is 0 Å². The van der Waals surface area contributed by atoms with Gasteiger partial charge in [0.05, 0.1) is 22.3 Å². The van der Waals surface area contributed by atoms with Crippen LogP contribution >= 0.6 is 7.92 Å². The average Bonchev–Trinajstić information content (AvgIpc) is 2.74. The minimum atomic E-state index is -0.591. The third kappa shape index (κ3) is 4.07. The van der Waals surface area contributed by atoms with Crippen LogP contribution in [0, 0.1) is 0 Å². The van der Waals surface area contributed by atoms with E-state index in [0.29, 0.717) is 17.7 Å². The summed E-state index contributed by atoms with van der Waals surface area (Å²) in [4.78, 5) is 46.3. The van der Waals surface area contributed by atoms with Gasteiger partial charge >= 0.3 is 0 Å². The number of carbonyl (C=O) groups excluding carboxylic acids is 4. The molecule has 0 aromatic rings. The van der Waals surface area contributed by atoms with Crippen LogP contribution in [0.15, 0.2) is 22.3 Å². The molecule has 0 bridgehead atoms. The summed E-state index contributed by atoms with van der Waals surface area (Å²) in [7, 11) is -0.591. The molecule has 0 radical (unpaired) electrons. The highest BCUT2D eigenvalue weighted by Crippen LogP contribution is 2.63. The van der Waals surface area contributed by atoms with Gasteiger partial charge in [0, 0.05) is 5.66 Å². The maximum Gasteiger partial charge on any atom is 0.134 e. The van der Waals surface area contributed by atoms with E-state index in [4.69, 9.17) is 0 Å². The highest BCUT2D eigenvalue weighted by molar-refractivity contribution is 7.60. The molecule has 3 rings (SSSR count). The van der Waals surface area contributed by atoms with Crippen molar-refractivity contribution >= 4 is 31.7 Å². The molecular weight excluding hydrogens is 359 g/mol. The molecule has 3 saturated carbocycles. The lowest BCUT2D eigenvalue weighted by Crippen LogP contribution is -2.31. The van der Waals surface area contributed by atoms with Crippen molar-refractivity contribution in [3.63, 3.8) is 0 Å². The van der Waals surface area contributed by atoms with Crippen molar-refractivity contribution in [2.24, 2.45) is 0 Å². The van der Waals surface area contributed by atoms with Gasteiger partial charge in [0.15, 0.2) is 0 Å². The third-order valence-electron chi connectivity index (χ3n) is 6.34. The van der Waals surface area contributed by atoms with Crippen LogP contribution in [0.5, 0.6) is 0 Å². The van der Waals surface area contributed by atoms with Crippen molar-refractivity contribution in [1.29, 1.82) is 0 Å². The maximum absolute atomic E-state index is 11.9. The monoisotopic (exact) mass is 384 g/mol. The molecule has 0 aromatic heterocycles. The van der Waals surface area contributed by atoms with Crippen LogP contribution in [0.3, 0.4) is 0 Å². The van der Waals surface area contributed by atoms with Crippen molar-refractivity contribution < 1.29 is 19.2 Å². The summed E-state index contributed by atoms with van der Waals surface area (Å²) in [6, 6.07) is 0. The second kappa shape index (κ2) is 9.43. The SMILES string of the molecule is O=C=C1CC(P(C2CCCCC2)C2CCCCC2)C(=C=O)C(=C=O)C1=C=O. The molecule has 3 aliphatic rings. The lowest BCUT2D eigenvalue weighted by molar-refractivity contribution is 0.481. The first-order valence-corrected chi connectivity index (χ1v) is 11.6. The lowest BCUT2D eigenvalue weighted by Gasteiger charge is -2.44. The fourth-order valence-corrected chi connectivity index (χ4v) is 9.51. The van der Waals surface area contributed by atoms with Crippen LogP contribution in [-0.4, -0.2) is 40.7 Å². The first-order valence-electron chi connectivity index (χ1n) is 10.0. The largest absolute Gasteiger partial charge is 0.233 e. The first-order chi connectivity index (χ1) is 13.2. The van der Waals surface area contributed by atoms with Gasteiger partial charge in [-0.25, -0.2) is 19.2 Å². The Kier molecular flexibility index (Phi) is 6.98. The second-order valence-electron chi connectivity index (χ2n) is 7.80. The molecule has 1 atom stereocenters. The Balaban J connectivity index is 2.05. The molecule has 0 N–H and O–H groups in total. The molecule has 27 heavy (non-hydrogen) atoms. The molecule has 0 amide bonds. The Morgan fingerprint density at radius 3 is 1.56 bits per heavy atom. The van der Waals surface area contributed by atoms with Crippen LogP contribution in [0.1, 0.15) is 70.6 Å². The zero-order chi connectivity index (χ0) is 19.2. The van der Waals surface area contributed by atoms with Crippen molar-refractivity contribution in [3.05, 3.63) is 22.3 Å². The third-order valence-corrected chi connectivity index (χ3v) is 10.2. The molecule has 5 heteroatoms. The summed E-state index contributed by atoms with van der Waals surface area (Å²) in [5, 5.41) is 0. The van der Waals surface area contributed by atoms with Gasteiger partial charge in [-0.15, -0.1) is 0 Å². The average molecular weight is 384 g/mol. The number of hydrogen-bond acceptors (Lipinski definition) is 4. The molecule has 1 unspecified atom stereocenters. The molecule has 0 saturated heterocycles. The minimum absolute atomic E-state index is 0.103. The van der Waals surface area contributed by atoms with Gasteiger partial charge < -0.3 is 0 Å². The summed E-state index contributed by atoms with van der Waals surface area (Å²) in [5.74, 6) is 7.21. The zero-order valence-electron chi connectivity index (χ0n) is 15.6. The van der Waals surface area contributed by atoms with Gasteiger partial charge in [-0.1, -0.05) is 46.4 Å². The summed E-state index contributed by atoms with van der Waals surface area (Å²) >= 11 is 0. The predicted octanol–water partition coefficient (Wildman–Crippen LogP) is 3.94. The van der Waals surface area contributed by atoms with E-state index in [2.05, 4.69) is 0 Å². The van der Waals surface area contributed by atoms with Crippen LogP contribution < -0.4 is 0 Å². The Morgan fingerprint density at radius 1 is 0.630 bits per heavy atom. The quantitative estimate of drug-likeness (QED) is 0.546. The number of rotatable bonds is 3. The van der Waals surface area contributed by atoms with Gasteiger partial charge in [-0.3, -0.25) is 0 Å². The fraction of sp³-hybridized carbons (Fsp3) is 0.636. The maximum atomic E-state index is 11.9. The fourth-order valence-electron chi connectivity index (χ4n) is 5.10.